The van der Waals surface area contributed by atoms with Gasteiger partial charge < -0.3 is 15.2 Å². The number of aliphatic hydroxyl groups excluding tert-OH is 1. The summed E-state index contributed by atoms with van der Waals surface area (Å²) in [6.45, 7) is 0. The Balaban J connectivity index is 2.03. The van der Waals surface area contributed by atoms with E-state index in [1.54, 1.807) is 0 Å². The van der Waals surface area contributed by atoms with Crippen LogP contribution >= 0.6 is 0 Å². The van der Waals surface area contributed by atoms with Gasteiger partial charge in [0.2, 0.25) is 0 Å². The molecule has 4 nitrogen and oxygen atoms in total. The maximum Gasteiger partial charge on any atom is 0.136 e. The predicted octanol–water partition coefficient (Wildman–Crippen LogP) is 1.42. The summed E-state index contributed by atoms with van der Waals surface area (Å²) in [5.41, 5.74) is 8.12. The van der Waals surface area contributed by atoms with Gasteiger partial charge in [-0.15, -0.1) is 0 Å². The molecule has 0 atom stereocenters. The highest BCUT2D eigenvalue weighted by molar-refractivity contribution is 5.41. The first-order valence-electron chi connectivity index (χ1n) is 6.09. The van der Waals surface area contributed by atoms with Crippen LogP contribution in [-0.2, 0) is 5.54 Å². The highest BCUT2D eigenvalue weighted by Crippen LogP contribution is 2.34. The predicted molar refractivity (Wildman–Crippen MR) is 65.5 cm³/mol. The number of pyridine rings is 1. The van der Waals surface area contributed by atoms with Crippen molar-refractivity contribution in [1.82, 2.24) is 9.38 Å². The lowest BCUT2D eigenvalue weighted by Gasteiger charge is -2.35. The van der Waals surface area contributed by atoms with Crippen molar-refractivity contribution >= 4 is 5.65 Å². The summed E-state index contributed by atoms with van der Waals surface area (Å²) in [6.07, 6.45) is 6.86. The summed E-state index contributed by atoms with van der Waals surface area (Å²) >= 11 is 0. The summed E-state index contributed by atoms with van der Waals surface area (Å²) < 4.78 is 2.05. The van der Waals surface area contributed by atoms with Crippen LogP contribution < -0.4 is 5.73 Å². The summed E-state index contributed by atoms with van der Waals surface area (Å²) in [4.78, 5) is 4.38. The molecule has 0 spiro atoms. The molecule has 1 aliphatic carbocycles. The van der Waals surface area contributed by atoms with Gasteiger partial charge in [0, 0.05) is 6.20 Å². The van der Waals surface area contributed by atoms with Gasteiger partial charge in [0.15, 0.2) is 0 Å². The highest BCUT2D eigenvalue weighted by Gasteiger charge is 2.34. The van der Waals surface area contributed by atoms with E-state index >= 15 is 0 Å². The van der Waals surface area contributed by atoms with Crippen LogP contribution in [0.1, 0.15) is 31.4 Å². The van der Waals surface area contributed by atoms with E-state index in [9.17, 15) is 5.11 Å². The lowest BCUT2D eigenvalue weighted by atomic mass is 9.79. The SMILES string of the molecule is NC1(c2cnc3ccccn23)CCC(O)CC1. The third kappa shape index (κ3) is 1.73. The largest absolute Gasteiger partial charge is 0.393 e. The van der Waals surface area contributed by atoms with Crippen LogP contribution in [0.4, 0.5) is 0 Å². The van der Waals surface area contributed by atoms with Crippen molar-refractivity contribution in [3.05, 3.63) is 36.3 Å². The standard InChI is InChI=1S/C13H17N3O/c14-13(6-4-10(17)5-7-13)11-9-15-12-3-1-2-8-16(11)12/h1-3,8-10,17H,4-7,14H2. The molecule has 3 rings (SSSR count). The first-order chi connectivity index (χ1) is 8.19. The molecular formula is C13H17N3O. The molecule has 4 heteroatoms. The first-order valence-corrected chi connectivity index (χ1v) is 6.09. The molecule has 90 valence electrons. The molecule has 0 saturated heterocycles. The molecule has 0 aliphatic heterocycles. The molecular weight excluding hydrogens is 214 g/mol. The summed E-state index contributed by atoms with van der Waals surface area (Å²) in [6, 6.07) is 5.93. The second-order valence-corrected chi connectivity index (χ2v) is 4.96. The van der Waals surface area contributed by atoms with Gasteiger partial charge in [0.05, 0.1) is 23.5 Å². The minimum atomic E-state index is -0.347. The average molecular weight is 231 g/mol. The molecule has 0 radical (unpaired) electrons. The van der Waals surface area contributed by atoms with Crippen molar-refractivity contribution in [2.75, 3.05) is 0 Å². The smallest absolute Gasteiger partial charge is 0.136 e. The van der Waals surface area contributed by atoms with Gasteiger partial charge in [0.1, 0.15) is 5.65 Å². The summed E-state index contributed by atoms with van der Waals surface area (Å²) in [5.74, 6) is 0. The van der Waals surface area contributed by atoms with E-state index < -0.39 is 0 Å². The van der Waals surface area contributed by atoms with Crippen LogP contribution in [0.2, 0.25) is 0 Å². The van der Waals surface area contributed by atoms with E-state index in [2.05, 4.69) is 9.38 Å². The van der Waals surface area contributed by atoms with Crippen molar-refractivity contribution in [3.63, 3.8) is 0 Å². The summed E-state index contributed by atoms with van der Waals surface area (Å²) in [5, 5.41) is 9.57. The zero-order valence-corrected chi connectivity index (χ0v) is 9.71. The number of fused-ring (bicyclic) bond motifs is 1. The van der Waals surface area contributed by atoms with Crippen molar-refractivity contribution in [1.29, 1.82) is 0 Å². The lowest BCUT2D eigenvalue weighted by Crippen LogP contribution is -2.42. The van der Waals surface area contributed by atoms with Gasteiger partial charge >= 0.3 is 0 Å². The van der Waals surface area contributed by atoms with Gasteiger partial charge in [-0.1, -0.05) is 6.07 Å². The zero-order valence-electron chi connectivity index (χ0n) is 9.71. The number of nitrogens with two attached hydrogens (primary N) is 1. The maximum absolute atomic E-state index is 9.57. The van der Waals surface area contributed by atoms with E-state index in [-0.39, 0.29) is 11.6 Å². The third-order valence-electron chi connectivity index (χ3n) is 3.77. The van der Waals surface area contributed by atoms with Crippen molar-refractivity contribution in [2.45, 2.75) is 37.3 Å². The number of rotatable bonds is 1. The van der Waals surface area contributed by atoms with Crippen LogP contribution in [0.15, 0.2) is 30.6 Å². The van der Waals surface area contributed by atoms with Gasteiger partial charge in [-0.3, -0.25) is 0 Å². The van der Waals surface area contributed by atoms with Crippen molar-refractivity contribution in [2.24, 2.45) is 5.73 Å². The first kappa shape index (κ1) is 10.7. The molecule has 17 heavy (non-hydrogen) atoms. The Bertz CT molecular complexity index is 526. The number of nitrogens with zero attached hydrogens (tertiary/aromatic N) is 2. The highest BCUT2D eigenvalue weighted by atomic mass is 16.3. The Morgan fingerprint density at radius 2 is 2.12 bits per heavy atom. The molecule has 2 aromatic rings. The van der Waals surface area contributed by atoms with Crippen molar-refractivity contribution in [3.8, 4) is 0 Å². The quantitative estimate of drug-likeness (QED) is 0.780. The molecule has 1 fully saturated rings. The van der Waals surface area contributed by atoms with E-state index in [1.807, 2.05) is 30.6 Å². The second kappa shape index (κ2) is 3.82. The molecule has 0 unspecified atom stereocenters. The average Bonchev–Trinajstić information content (AvgIpc) is 2.78. The van der Waals surface area contributed by atoms with Crippen LogP contribution in [0.3, 0.4) is 0 Å². The fourth-order valence-corrected chi connectivity index (χ4v) is 2.67. The topological polar surface area (TPSA) is 63.5 Å². The number of imidazole rings is 1. The Hall–Kier alpha value is -1.39. The Kier molecular flexibility index (Phi) is 2.42. The lowest BCUT2D eigenvalue weighted by molar-refractivity contribution is 0.0954. The minimum Gasteiger partial charge on any atom is -0.393 e. The fraction of sp³-hybridized carbons (Fsp3) is 0.462. The van der Waals surface area contributed by atoms with E-state index in [0.29, 0.717) is 0 Å². The molecule has 0 aromatic carbocycles. The molecule has 3 N–H and O–H groups in total. The molecule has 2 aromatic heterocycles. The number of hydrogen-bond donors (Lipinski definition) is 2. The normalized spacial score (nSPS) is 29.6. The summed E-state index contributed by atoms with van der Waals surface area (Å²) in [7, 11) is 0. The van der Waals surface area contributed by atoms with Gasteiger partial charge in [-0.05, 0) is 37.8 Å². The number of aliphatic hydroxyl groups is 1. The van der Waals surface area contributed by atoms with Gasteiger partial charge in [0.25, 0.3) is 0 Å². The fourth-order valence-electron chi connectivity index (χ4n) is 2.67. The van der Waals surface area contributed by atoms with Crippen LogP contribution in [0.25, 0.3) is 5.65 Å². The Morgan fingerprint density at radius 1 is 1.35 bits per heavy atom. The van der Waals surface area contributed by atoms with Crippen LogP contribution in [0, 0.1) is 0 Å². The third-order valence-corrected chi connectivity index (χ3v) is 3.77. The molecule has 1 saturated carbocycles. The Morgan fingerprint density at radius 3 is 2.88 bits per heavy atom. The van der Waals surface area contributed by atoms with Crippen LogP contribution in [-0.4, -0.2) is 20.6 Å². The van der Waals surface area contributed by atoms with Crippen LogP contribution in [0.5, 0.6) is 0 Å². The van der Waals surface area contributed by atoms with Crippen molar-refractivity contribution < 1.29 is 5.11 Å². The maximum atomic E-state index is 9.57. The molecule has 0 amide bonds. The minimum absolute atomic E-state index is 0.189. The number of hydrogen-bond acceptors (Lipinski definition) is 3. The van der Waals surface area contributed by atoms with E-state index in [4.69, 9.17) is 5.73 Å². The van der Waals surface area contributed by atoms with E-state index in [1.165, 1.54) is 0 Å². The van der Waals surface area contributed by atoms with E-state index in [0.717, 1.165) is 37.0 Å². The van der Waals surface area contributed by atoms with Gasteiger partial charge in [-0.2, -0.15) is 0 Å². The molecule has 2 heterocycles. The molecule has 1 aliphatic rings. The Labute approximate surface area is 100 Å². The number of aromatic nitrogens is 2. The second-order valence-electron chi connectivity index (χ2n) is 4.96. The zero-order chi connectivity index (χ0) is 11.9. The monoisotopic (exact) mass is 231 g/mol. The van der Waals surface area contributed by atoms with Gasteiger partial charge in [-0.25, -0.2) is 4.98 Å². The molecule has 0 bridgehead atoms.